The second kappa shape index (κ2) is 10.7. The molecule has 0 saturated heterocycles. The summed E-state index contributed by atoms with van der Waals surface area (Å²) in [6.07, 6.45) is 1.01. The standard InChI is InChI=1S/C21H24Cl3N3O4S/c1-13-9-16(22)6-8-19(13)27(32(4,30)31)12-20(28)26(14(2)21(29)25-3)11-15-5-7-17(23)18(24)10-15/h5-10,14H,11-12H2,1-4H3,(H,25,29). The van der Waals surface area contributed by atoms with Gasteiger partial charge < -0.3 is 10.2 Å². The van der Waals surface area contributed by atoms with Gasteiger partial charge in [-0.1, -0.05) is 40.9 Å². The monoisotopic (exact) mass is 519 g/mol. The molecule has 7 nitrogen and oxygen atoms in total. The van der Waals surface area contributed by atoms with Crippen LogP contribution in [0.25, 0.3) is 0 Å². The number of likely N-dealkylation sites (N-methyl/N-ethyl adjacent to an activating group) is 1. The van der Waals surface area contributed by atoms with Gasteiger partial charge in [-0.2, -0.15) is 0 Å². The van der Waals surface area contributed by atoms with Crippen molar-refractivity contribution in [3.05, 3.63) is 62.6 Å². The molecule has 0 aliphatic heterocycles. The lowest BCUT2D eigenvalue weighted by Crippen LogP contribution is -2.50. The quantitative estimate of drug-likeness (QED) is 0.572. The third kappa shape index (κ3) is 6.51. The topological polar surface area (TPSA) is 86.8 Å². The maximum absolute atomic E-state index is 13.3. The third-order valence-corrected chi connectivity index (χ3v) is 6.96. The van der Waals surface area contributed by atoms with Crippen LogP contribution in [0.1, 0.15) is 18.1 Å². The highest BCUT2D eigenvalue weighted by Gasteiger charge is 2.30. The van der Waals surface area contributed by atoms with Crippen molar-refractivity contribution in [2.45, 2.75) is 26.4 Å². The van der Waals surface area contributed by atoms with Crippen LogP contribution < -0.4 is 9.62 Å². The van der Waals surface area contributed by atoms with E-state index in [-0.39, 0.29) is 6.54 Å². The third-order valence-electron chi connectivity index (χ3n) is 4.86. The fourth-order valence-electron chi connectivity index (χ4n) is 3.12. The molecular formula is C21H24Cl3N3O4S. The number of carbonyl (C=O) groups excluding carboxylic acids is 2. The highest BCUT2D eigenvalue weighted by atomic mass is 35.5. The van der Waals surface area contributed by atoms with Crippen molar-refractivity contribution in [3.8, 4) is 0 Å². The Hall–Kier alpha value is -2.00. The maximum Gasteiger partial charge on any atom is 0.244 e. The normalized spacial score (nSPS) is 12.2. The molecule has 2 amide bonds. The smallest absolute Gasteiger partial charge is 0.244 e. The first-order chi connectivity index (χ1) is 14.8. The number of anilines is 1. The van der Waals surface area contributed by atoms with E-state index in [1.54, 1.807) is 44.2 Å². The van der Waals surface area contributed by atoms with Crippen molar-refractivity contribution in [3.63, 3.8) is 0 Å². The molecule has 32 heavy (non-hydrogen) atoms. The second-order valence-corrected chi connectivity index (χ2v) is 10.4. The van der Waals surface area contributed by atoms with Gasteiger partial charge in [0.15, 0.2) is 0 Å². The molecule has 0 aliphatic rings. The predicted molar refractivity (Wildman–Crippen MR) is 129 cm³/mol. The minimum atomic E-state index is -3.81. The van der Waals surface area contributed by atoms with Gasteiger partial charge in [-0.3, -0.25) is 13.9 Å². The van der Waals surface area contributed by atoms with Gasteiger partial charge in [0.25, 0.3) is 0 Å². The van der Waals surface area contributed by atoms with Crippen molar-refractivity contribution < 1.29 is 18.0 Å². The number of hydrogen-bond acceptors (Lipinski definition) is 4. The van der Waals surface area contributed by atoms with Crippen LogP contribution in [-0.4, -0.2) is 51.0 Å². The lowest BCUT2D eigenvalue weighted by atomic mass is 10.1. The first-order valence-corrected chi connectivity index (χ1v) is 12.5. The molecule has 0 heterocycles. The van der Waals surface area contributed by atoms with Crippen LogP contribution in [0.15, 0.2) is 36.4 Å². The van der Waals surface area contributed by atoms with Crippen molar-refractivity contribution >= 4 is 62.3 Å². The van der Waals surface area contributed by atoms with Crippen LogP contribution in [-0.2, 0) is 26.2 Å². The Kier molecular flexibility index (Phi) is 8.82. The lowest BCUT2D eigenvalue weighted by Gasteiger charge is -2.31. The average molecular weight is 521 g/mol. The maximum atomic E-state index is 13.3. The highest BCUT2D eigenvalue weighted by molar-refractivity contribution is 7.92. The summed E-state index contributed by atoms with van der Waals surface area (Å²) >= 11 is 18.0. The van der Waals surface area contributed by atoms with Crippen LogP contribution in [0.3, 0.4) is 0 Å². The Morgan fingerprint density at radius 2 is 1.72 bits per heavy atom. The zero-order valence-corrected chi connectivity index (χ0v) is 21.1. The van der Waals surface area contributed by atoms with Crippen LogP contribution in [0.2, 0.25) is 15.1 Å². The first-order valence-electron chi connectivity index (χ1n) is 9.54. The predicted octanol–water partition coefficient (Wildman–Crippen LogP) is 3.88. The Labute approximate surface area is 203 Å². The summed E-state index contributed by atoms with van der Waals surface area (Å²) in [5.41, 5.74) is 1.55. The summed E-state index contributed by atoms with van der Waals surface area (Å²) in [6, 6.07) is 8.70. The summed E-state index contributed by atoms with van der Waals surface area (Å²) in [5.74, 6) is -0.959. The number of halogens is 3. The van der Waals surface area contributed by atoms with Gasteiger partial charge in [0.2, 0.25) is 21.8 Å². The molecule has 0 aliphatic carbocycles. The molecule has 0 spiro atoms. The Bertz CT molecular complexity index is 1130. The number of amides is 2. The molecule has 2 rings (SSSR count). The molecule has 174 valence electrons. The number of carbonyl (C=O) groups is 2. The van der Waals surface area contributed by atoms with E-state index in [0.29, 0.717) is 31.9 Å². The SMILES string of the molecule is CNC(=O)C(C)N(Cc1ccc(Cl)c(Cl)c1)C(=O)CN(c1ccc(Cl)cc1C)S(C)(=O)=O. The Morgan fingerprint density at radius 1 is 1.06 bits per heavy atom. The van der Waals surface area contributed by atoms with Gasteiger partial charge in [-0.15, -0.1) is 0 Å². The molecule has 0 aromatic heterocycles. The fourth-order valence-corrected chi connectivity index (χ4v) is 4.57. The fraction of sp³-hybridized carbons (Fsp3) is 0.333. The van der Waals surface area contributed by atoms with Crippen molar-refractivity contribution in [1.82, 2.24) is 10.2 Å². The first kappa shape index (κ1) is 26.3. The van der Waals surface area contributed by atoms with Crippen molar-refractivity contribution in [2.24, 2.45) is 0 Å². The van der Waals surface area contributed by atoms with Crippen molar-refractivity contribution in [2.75, 3.05) is 24.2 Å². The molecule has 1 atom stereocenters. The van der Waals surface area contributed by atoms with E-state index in [1.165, 1.54) is 18.0 Å². The second-order valence-electron chi connectivity index (χ2n) is 7.26. The molecule has 2 aromatic rings. The van der Waals surface area contributed by atoms with Gasteiger partial charge in [-0.25, -0.2) is 8.42 Å². The molecule has 2 aromatic carbocycles. The van der Waals surface area contributed by atoms with E-state index in [2.05, 4.69) is 5.32 Å². The van der Waals surface area contributed by atoms with Gasteiger partial charge in [0.05, 0.1) is 22.0 Å². The zero-order chi connectivity index (χ0) is 24.2. The van der Waals surface area contributed by atoms with E-state index in [4.69, 9.17) is 34.8 Å². The van der Waals surface area contributed by atoms with Crippen LogP contribution in [0.4, 0.5) is 5.69 Å². The average Bonchev–Trinajstić information content (AvgIpc) is 2.71. The minimum Gasteiger partial charge on any atom is -0.357 e. The number of sulfonamides is 1. The van der Waals surface area contributed by atoms with E-state index >= 15 is 0 Å². The number of nitrogens with one attached hydrogen (secondary N) is 1. The van der Waals surface area contributed by atoms with Gasteiger partial charge >= 0.3 is 0 Å². The van der Waals surface area contributed by atoms with Gasteiger partial charge in [-0.05, 0) is 55.3 Å². The number of rotatable bonds is 8. The molecule has 0 bridgehead atoms. The zero-order valence-electron chi connectivity index (χ0n) is 18.0. The molecule has 0 saturated carbocycles. The van der Waals surface area contributed by atoms with Gasteiger partial charge in [0, 0.05) is 18.6 Å². The van der Waals surface area contributed by atoms with E-state index in [0.717, 1.165) is 10.6 Å². The Balaban J connectivity index is 2.43. The van der Waals surface area contributed by atoms with Crippen LogP contribution in [0, 0.1) is 6.92 Å². The number of benzene rings is 2. The highest BCUT2D eigenvalue weighted by Crippen LogP contribution is 2.27. The molecule has 0 radical (unpaired) electrons. The molecule has 11 heteroatoms. The van der Waals surface area contributed by atoms with Crippen LogP contribution >= 0.6 is 34.8 Å². The Morgan fingerprint density at radius 3 is 2.25 bits per heavy atom. The molecule has 1 unspecified atom stereocenters. The van der Waals surface area contributed by atoms with E-state index in [1.807, 2.05) is 0 Å². The molecular weight excluding hydrogens is 497 g/mol. The summed E-state index contributed by atoms with van der Waals surface area (Å²) in [6.45, 7) is 2.79. The number of hydrogen-bond donors (Lipinski definition) is 1. The minimum absolute atomic E-state index is 0.0293. The largest absolute Gasteiger partial charge is 0.357 e. The summed E-state index contributed by atoms with van der Waals surface area (Å²) in [5, 5.41) is 3.62. The summed E-state index contributed by atoms with van der Waals surface area (Å²) in [4.78, 5) is 26.9. The van der Waals surface area contributed by atoms with E-state index < -0.39 is 34.4 Å². The van der Waals surface area contributed by atoms with Crippen LogP contribution in [0.5, 0.6) is 0 Å². The number of nitrogens with zero attached hydrogens (tertiary/aromatic N) is 2. The number of aryl methyl sites for hydroxylation is 1. The lowest BCUT2D eigenvalue weighted by molar-refractivity contribution is -0.139. The summed E-state index contributed by atoms with van der Waals surface area (Å²) < 4.78 is 26.1. The van der Waals surface area contributed by atoms with Crippen molar-refractivity contribution in [1.29, 1.82) is 0 Å². The molecule has 1 N–H and O–H groups in total. The molecule has 0 fully saturated rings. The summed E-state index contributed by atoms with van der Waals surface area (Å²) in [7, 11) is -2.36. The van der Waals surface area contributed by atoms with E-state index in [9.17, 15) is 18.0 Å². The van der Waals surface area contributed by atoms with Gasteiger partial charge in [0.1, 0.15) is 12.6 Å².